The standard InChI is InChI=1S/C19H28O/c1-4-18-17-8-6-13-12-14(20)7-9-15(13)16(17)10-11-19(18,3)5-2/h12,17-18H,4-11H2,1-3H3/t17-,18+,19-/m1/s1. The summed E-state index contributed by atoms with van der Waals surface area (Å²) in [6, 6.07) is 0. The Kier molecular flexibility index (Phi) is 3.64. The smallest absolute Gasteiger partial charge is 0.156 e. The van der Waals surface area contributed by atoms with Crippen molar-refractivity contribution in [3.63, 3.8) is 0 Å². The molecule has 3 atom stereocenters. The van der Waals surface area contributed by atoms with Gasteiger partial charge >= 0.3 is 0 Å². The molecule has 0 spiro atoms. The van der Waals surface area contributed by atoms with E-state index in [1.807, 2.05) is 6.08 Å². The summed E-state index contributed by atoms with van der Waals surface area (Å²) in [5.74, 6) is 2.01. The minimum Gasteiger partial charge on any atom is -0.295 e. The van der Waals surface area contributed by atoms with Gasteiger partial charge in [0.1, 0.15) is 0 Å². The second kappa shape index (κ2) is 5.16. The summed E-state index contributed by atoms with van der Waals surface area (Å²) in [5.41, 5.74) is 5.27. The predicted molar refractivity (Wildman–Crippen MR) is 83.5 cm³/mol. The first-order valence-corrected chi connectivity index (χ1v) is 8.54. The zero-order chi connectivity index (χ0) is 14.3. The van der Waals surface area contributed by atoms with Crippen LogP contribution in [0.15, 0.2) is 22.8 Å². The molecule has 1 saturated carbocycles. The largest absolute Gasteiger partial charge is 0.295 e. The van der Waals surface area contributed by atoms with E-state index in [1.54, 1.807) is 11.1 Å². The maximum absolute atomic E-state index is 11.6. The first-order valence-electron chi connectivity index (χ1n) is 8.54. The highest BCUT2D eigenvalue weighted by molar-refractivity contribution is 5.93. The summed E-state index contributed by atoms with van der Waals surface area (Å²) >= 11 is 0. The zero-order valence-electron chi connectivity index (χ0n) is 13.3. The number of carbonyl (C=O) groups excluding carboxylic acids is 1. The van der Waals surface area contributed by atoms with Gasteiger partial charge in [0.2, 0.25) is 0 Å². The van der Waals surface area contributed by atoms with Crippen molar-refractivity contribution in [3.8, 4) is 0 Å². The van der Waals surface area contributed by atoms with Crippen LogP contribution in [-0.4, -0.2) is 5.78 Å². The molecule has 0 unspecified atom stereocenters. The molecule has 0 heterocycles. The average Bonchev–Trinajstić information content (AvgIpc) is 2.46. The van der Waals surface area contributed by atoms with Crippen molar-refractivity contribution in [1.82, 2.24) is 0 Å². The maximum atomic E-state index is 11.6. The van der Waals surface area contributed by atoms with Crippen LogP contribution in [0, 0.1) is 17.3 Å². The van der Waals surface area contributed by atoms with Crippen molar-refractivity contribution in [2.24, 2.45) is 17.3 Å². The summed E-state index contributed by atoms with van der Waals surface area (Å²) in [5, 5.41) is 0. The lowest BCUT2D eigenvalue weighted by Crippen LogP contribution is -2.39. The SMILES string of the molecule is CC[C@H]1[C@@H]2CCC3=CC(=O)CCC3=C2CC[C@@]1(C)CC. The van der Waals surface area contributed by atoms with Gasteiger partial charge in [-0.2, -0.15) is 0 Å². The number of carbonyl (C=O) groups is 1. The quantitative estimate of drug-likeness (QED) is 0.673. The lowest BCUT2D eigenvalue weighted by atomic mass is 9.55. The molecule has 0 saturated heterocycles. The van der Waals surface area contributed by atoms with E-state index in [0.717, 1.165) is 31.1 Å². The number of hydrogen-bond donors (Lipinski definition) is 0. The van der Waals surface area contributed by atoms with Crippen LogP contribution in [0.4, 0.5) is 0 Å². The highest BCUT2D eigenvalue weighted by Gasteiger charge is 2.44. The minimum atomic E-state index is 0.351. The first-order chi connectivity index (χ1) is 9.59. The molecular formula is C19H28O. The molecule has 0 bridgehead atoms. The predicted octanol–water partition coefficient (Wildman–Crippen LogP) is 5.22. The third kappa shape index (κ3) is 2.10. The third-order valence-corrected chi connectivity index (χ3v) is 6.50. The maximum Gasteiger partial charge on any atom is 0.156 e. The molecule has 0 N–H and O–H groups in total. The average molecular weight is 272 g/mol. The number of hydrogen-bond acceptors (Lipinski definition) is 1. The fraction of sp³-hybridized carbons (Fsp3) is 0.737. The van der Waals surface area contributed by atoms with Crippen LogP contribution in [0.1, 0.15) is 72.1 Å². The van der Waals surface area contributed by atoms with Gasteiger partial charge in [-0.15, -0.1) is 0 Å². The number of allylic oxidation sites excluding steroid dienone is 4. The summed E-state index contributed by atoms with van der Waals surface area (Å²) in [6.45, 7) is 7.26. The van der Waals surface area contributed by atoms with Crippen LogP contribution in [0.3, 0.4) is 0 Å². The third-order valence-electron chi connectivity index (χ3n) is 6.50. The number of rotatable bonds is 2. The first kappa shape index (κ1) is 14.1. The van der Waals surface area contributed by atoms with E-state index in [9.17, 15) is 4.79 Å². The number of ketones is 1. The van der Waals surface area contributed by atoms with Crippen molar-refractivity contribution in [1.29, 1.82) is 0 Å². The van der Waals surface area contributed by atoms with Crippen molar-refractivity contribution in [2.45, 2.75) is 72.1 Å². The van der Waals surface area contributed by atoms with Crippen LogP contribution in [0.2, 0.25) is 0 Å². The van der Waals surface area contributed by atoms with E-state index >= 15 is 0 Å². The Morgan fingerprint density at radius 1 is 1.20 bits per heavy atom. The molecular weight excluding hydrogens is 244 g/mol. The Hall–Kier alpha value is -0.850. The molecule has 1 heteroatoms. The fourth-order valence-corrected chi connectivity index (χ4v) is 5.15. The molecule has 110 valence electrons. The van der Waals surface area contributed by atoms with Crippen molar-refractivity contribution in [2.75, 3.05) is 0 Å². The van der Waals surface area contributed by atoms with E-state index < -0.39 is 0 Å². The Morgan fingerprint density at radius 2 is 2.00 bits per heavy atom. The molecule has 3 rings (SSSR count). The van der Waals surface area contributed by atoms with Crippen LogP contribution < -0.4 is 0 Å². The molecule has 0 radical (unpaired) electrons. The second-order valence-corrected chi connectivity index (χ2v) is 7.31. The zero-order valence-corrected chi connectivity index (χ0v) is 13.3. The van der Waals surface area contributed by atoms with E-state index in [1.165, 1.54) is 37.7 Å². The molecule has 0 aliphatic heterocycles. The molecule has 0 amide bonds. The highest BCUT2D eigenvalue weighted by Crippen LogP contribution is 2.55. The molecule has 1 fully saturated rings. The molecule has 0 aromatic rings. The van der Waals surface area contributed by atoms with Gasteiger partial charge in [0.15, 0.2) is 5.78 Å². The molecule has 3 aliphatic rings. The van der Waals surface area contributed by atoms with E-state index in [0.29, 0.717) is 11.2 Å². The molecule has 3 aliphatic carbocycles. The molecule has 1 nitrogen and oxygen atoms in total. The topological polar surface area (TPSA) is 17.1 Å². The lowest BCUT2D eigenvalue weighted by Gasteiger charge is -2.50. The summed E-state index contributed by atoms with van der Waals surface area (Å²) in [4.78, 5) is 11.6. The molecule has 0 aromatic heterocycles. The summed E-state index contributed by atoms with van der Waals surface area (Å²) in [6.07, 6.45) is 11.4. The monoisotopic (exact) mass is 272 g/mol. The van der Waals surface area contributed by atoms with Gasteiger partial charge in [0, 0.05) is 6.42 Å². The lowest BCUT2D eigenvalue weighted by molar-refractivity contribution is -0.114. The van der Waals surface area contributed by atoms with Gasteiger partial charge in [0.05, 0.1) is 0 Å². The highest BCUT2D eigenvalue weighted by atomic mass is 16.1. The van der Waals surface area contributed by atoms with E-state index in [2.05, 4.69) is 20.8 Å². The van der Waals surface area contributed by atoms with Crippen molar-refractivity contribution >= 4 is 5.78 Å². The Bertz CT molecular complexity index is 482. The van der Waals surface area contributed by atoms with Gasteiger partial charge in [-0.05, 0) is 66.6 Å². The van der Waals surface area contributed by atoms with E-state index in [4.69, 9.17) is 0 Å². The van der Waals surface area contributed by atoms with Gasteiger partial charge < -0.3 is 0 Å². The van der Waals surface area contributed by atoms with E-state index in [-0.39, 0.29) is 0 Å². The van der Waals surface area contributed by atoms with Crippen LogP contribution in [0.5, 0.6) is 0 Å². The number of fused-ring (bicyclic) bond motifs is 2. The van der Waals surface area contributed by atoms with Crippen LogP contribution in [-0.2, 0) is 4.79 Å². The van der Waals surface area contributed by atoms with Gasteiger partial charge in [-0.1, -0.05) is 39.2 Å². The summed E-state index contributed by atoms with van der Waals surface area (Å²) < 4.78 is 0. The molecule has 0 aromatic carbocycles. The van der Waals surface area contributed by atoms with Crippen molar-refractivity contribution < 1.29 is 4.79 Å². The Balaban J connectivity index is 1.99. The van der Waals surface area contributed by atoms with Gasteiger partial charge in [-0.25, -0.2) is 0 Å². The Labute approximate surface area is 123 Å². The second-order valence-electron chi connectivity index (χ2n) is 7.31. The van der Waals surface area contributed by atoms with Crippen molar-refractivity contribution in [3.05, 3.63) is 22.8 Å². The molecule has 20 heavy (non-hydrogen) atoms. The summed E-state index contributed by atoms with van der Waals surface area (Å²) in [7, 11) is 0. The minimum absolute atomic E-state index is 0.351. The normalized spacial score (nSPS) is 37.4. The van der Waals surface area contributed by atoms with Gasteiger partial charge in [-0.3, -0.25) is 4.79 Å². The Morgan fingerprint density at radius 3 is 2.70 bits per heavy atom. The van der Waals surface area contributed by atoms with Crippen LogP contribution in [0.25, 0.3) is 0 Å². The van der Waals surface area contributed by atoms with Crippen LogP contribution >= 0.6 is 0 Å². The fourth-order valence-electron chi connectivity index (χ4n) is 5.15. The van der Waals surface area contributed by atoms with Gasteiger partial charge in [0.25, 0.3) is 0 Å².